The number of sulfonamides is 1. The number of benzene rings is 1. The average Bonchev–Trinajstić information content (AvgIpc) is 2.90. The van der Waals surface area contributed by atoms with Crippen molar-refractivity contribution in [3.05, 3.63) is 29.6 Å². The van der Waals surface area contributed by atoms with E-state index >= 15 is 0 Å². The minimum atomic E-state index is -4.07. The van der Waals surface area contributed by atoms with E-state index in [9.17, 15) is 17.6 Å². The largest absolute Gasteiger partial charge is 0.376 e. The highest BCUT2D eigenvalue weighted by Crippen LogP contribution is 2.17. The smallest absolute Gasteiger partial charge is 0.251 e. The molecule has 0 spiro atoms. The number of nitrogens with two attached hydrogens (primary N) is 1. The first-order valence-electron chi connectivity index (χ1n) is 6.53. The summed E-state index contributed by atoms with van der Waals surface area (Å²) >= 11 is 0. The van der Waals surface area contributed by atoms with Gasteiger partial charge in [0.1, 0.15) is 5.82 Å². The summed E-state index contributed by atoms with van der Waals surface area (Å²) in [5, 5.41) is 7.63. The number of carbonyl (C=O) groups excluding carboxylic acids is 1. The highest BCUT2D eigenvalue weighted by Gasteiger charge is 2.24. The third kappa shape index (κ3) is 3.99. The second-order valence-corrected chi connectivity index (χ2v) is 6.60. The van der Waals surface area contributed by atoms with E-state index in [0.29, 0.717) is 6.61 Å². The molecule has 1 aromatic rings. The summed E-state index contributed by atoms with van der Waals surface area (Å²) in [5.74, 6) is -1.40. The molecule has 3 N–H and O–H groups in total. The first kappa shape index (κ1) is 15.9. The van der Waals surface area contributed by atoms with Crippen LogP contribution in [0.15, 0.2) is 23.1 Å². The Kier molecular flexibility index (Phi) is 4.60. The molecule has 0 aliphatic carbocycles. The fourth-order valence-electron chi connectivity index (χ4n) is 2.24. The molecular formula is C13H17FN2O4S. The van der Waals surface area contributed by atoms with Gasteiger partial charge in [0.15, 0.2) is 0 Å². The lowest BCUT2D eigenvalue weighted by Gasteiger charge is -2.20. The number of halogens is 1. The fraction of sp³-hybridized carbons (Fsp3) is 0.462. The monoisotopic (exact) mass is 316 g/mol. The van der Waals surface area contributed by atoms with E-state index in [1.54, 1.807) is 6.92 Å². The number of primary sulfonamides is 1. The molecule has 0 bridgehead atoms. The van der Waals surface area contributed by atoms with Crippen molar-refractivity contribution < 1.29 is 22.3 Å². The van der Waals surface area contributed by atoms with Crippen molar-refractivity contribution in [3.8, 4) is 0 Å². The molecule has 2 rings (SSSR count). The van der Waals surface area contributed by atoms with Gasteiger partial charge in [0.2, 0.25) is 10.0 Å². The minimum absolute atomic E-state index is 0.0831. The summed E-state index contributed by atoms with van der Waals surface area (Å²) in [5.41, 5.74) is -0.0936. The number of rotatable bonds is 4. The SMILES string of the molecule is CC(NC(=O)c1cc(F)cc(S(N)(=O)=O)c1)C1CCCO1. The van der Waals surface area contributed by atoms with Crippen LogP contribution in [0, 0.1) is 5.82 Å². The van der Waals surface area contributed by atoms with Crippen molar-refractivity contribution in [2.75, 3.05) is 6.61 Å². The number of nitrogens with one attached hydrogen (secondary N) is 1. The van der Waals surface area contributed by atoms with Crippen molar-refractivity contribution in [2.45, 2.75) is 36.8 Å². The summed E-state index contributed by atoms with van der Waals surface area (Å²) in [7, 11) is -4.07. The number of amides is 1. The van der Waals surface area contributed by atoms with Crippen LogP contribution < -0.4 is 10.5 Å². The zero-order chi connectivity index (χ0) is 15.6. The van der Waals surface area contributed by atoms with Gasteiger partial charge in [-0.2, -0.15) is 0 Å². The van der Waals surface area contributed by atoms with Gasteiger partial charge in [-0.15, -0.1) is 0 Å². The van der Waals surface area contributed by atoms with E-state index in [1.165, 1.54) is 0 Å². The molecule has 2 atom stereocenters. The Bertz CT molecular complexity index is 642. The van der Waals surface area contributed by atoms with Crippen LogP contribution >= 0.6 is 0 Å². The van der Waals surface area contributed by atoms with E-state index in [2.05, 4.69) is 5.32 Å². The number of ether oxygens (including phenoxy) is 1. The van der Waals surface area contributed by atoms with Crippen LogP contribution in [-0.2, 0) is 14.8 Å². The molecule has 21 heavy (non-hydrogen) atoms. The molecule has 0 aromatic heterocycles. The Morgan fingerprint density at radius 2 is 2.19 bits per heavy atom. The van der Waals surface area contributed by atoms with Gasteiger partial charge in [0.05, 0.1) is 17.0 Å². The Hall–Kier alpha value is -1.51. The third-order valence-electron chi connectivity index (χ3n) is 3.34. The molecule has 1 aliphatic heterocycles. The van der Waals surface area contributed by atoms with Crippen LogP contribution in [-0.4, -0.2) is 33.1 Å². The third-order valence-corrected chi connectivity index (χ3v) is 4.24. The Morgan fingerprint density at radius 3 is 2.76 bits per heavy atom. The summed E-state index contributed by atoms with van der Waals surface area (Å²) in [6.07, 6.45) is 1.69. The van der Waals surface area contributed by atoms with Crippen molar-refractivity contribution in [1.29, 1.82) is 0 Å². The molecule has 1 aliphatic rings. The van der Waals surface area contributed by atoms with Crippen molar-refractivity contribution in [3.63, 3.8) is 0 Å². The maximum Gasteiger partial charge on any atom is 0.251 e. The molecule has 1 fully saturated rings. The first-order chi connectivity index (χ1) is 9.77. The van der Waals surface area contributed by atoms with Gasteiger partial charge in [-0.1, -0.05) is 0 Å². The van der Waals surface area contributed by atoms with Crippen LogP contribution in [0.25, 0.3) is 0 Å². The van der Waals surface area contributed by atoms with Gasteiger partial charge < -0.3 is 10.1 Å². The van der Waals surface area contributed by atoms with Crippen LogP contribution in [0.4, 0.5) is 4.39 Å². The second-order valence-electron chi connectivity index (χ2n) is 5.03. The minimum Gasteiger partial charge on any atom is -0.376 e. The highest BCUT2D eigenvalue weighted by atomic mass is 32.2. The van der Waals surface area contributed by atoms with E-state index in [1.807, 2.05) is 0 Å². The van der Waals surface area contributed by atoms with Crippen molar-refractivity contribution in [1.82, 2.24) is 5.32 Å². The second kappa shape index (κ2) is 6.08. The maximum absolute atomic E-state index is 13.4. The molecule has 8 heteroatoms. The van der Waals surface area contributed by atoms with Crippen molar-refractivity contribution >= 4 is 15.9 Å². The lowest BCUT2D eigenvalue weighted by atomic mass is 10.1. The van der Waals surface area contributed by atoms with Gasteiger partial charge in [0.25, 0.3) is 5.91 Å². The van der Waals surface area contributed by atoms with Crippen LogP contribution in [0.2, 0.25) is 0 Å². The van der Waals surface area contributed by atoms with E-state index in [0.717, 1.165) is 31.0 Å². The van der Waals surface area contributed by atoms with Crippen molar-refractivity contribution in [2.24, 2.45) is 5.14 Å². The first-order valence-corrected chi connectivity index (χ1v) is 8.08. The normalized spacial score (nSPS) is 20.2. The van der Waals surface area contributed by atoms with Gasteiger partial charge in [-0.25, -0.2) is 17.9 Å². The molecule has 116 valence electrons. The molecule has 1 saturated heterocycles. The van der Waals surface area contributed by atoms with Gasteiger partial charge in [-0.3, -0.25) is 4.79 Å². The van der Waals surface area contributed by atoms with Gasteiger partial charge in [0, 0.05) is 12.2 Å². The molecule has 2 unspecified atom stereocenters. The molecule has 0 saturated carbocycles. The number of hydrogen-bond donors (Lipinski definition) is 2. The lowest BCUT2D eigenvalue weighted by Crippen LogP contribution is -2.40. The van der Waals surface area contributed by atoms with E-state index in [4.69, 9.17) is 9.88 Å². The van der Waals surface area contributed by atoms with E-state index in [-0.39, 0.29) is 17.7 Å². The van der Waals surface area contributed by atoms with Gasteiger partial charge >= 0.3 is 0 Å². The molecule has 1 amide bonds. The predicted molar refractivity (Wildman–Crippen MR) is 73.7 cm³/mol. The number of hydrogen-bond acceptors (Lipinski definition) is 4. The zero-order valence-electron chi connectivity index (χ0n) is 11.5. The van der Waals surface area contributed by atoms with Crippen LogP contribution in [0.5, 0.6) is 0 Å². The summed E-state index contributed by atoms with van der Waals surface area (Å²) < 4.78 is 41.4. The summed E-state index contributed by atoms with van der Waals surface area (Å²) in [6, 6.07) is 2.54. The predicted octanol–water partition coefficient (Wildman–Crippen LogP) is 0.770. The van der Waals surface area contributed by atoms with Crippen LogP contribution in [0.1, 0.15) is 30.1 Å². The number of carbonyl (C=O) groups is 1. The van der Waals surface area contributed by atoms with E-state index < -0.39 is 26.6 Å². The highest BCUT2D eigenvalue weighted by molar-refractivity contribution is 7.89. The topological polar surface area (TPSA) is 98.5 Å². The average molecular weight is 316 g/mol. The standard InChI is InChI=1S/C13H17FN2O4S/c1-8(12-3-2-4-20-12)16-13(17)9-5-10(14)7-11(6-9)21(15,18)19/h5-8,12H,2-4H2,1H3,(H,16,17)(H2,15,18,19). The molecule has 1 heterocycles. The summed E-state index contributed by atoms with van der Waals surface area (Å²) in [4.78, 5) is 11.6. The maximum atomic E-state index is 13.4. The fourth-order valence-corrected chi connectivity index (χ4v) is 2.81. The quantitative estimate of drug-likeness (QED) is 0.857. The Labute approximate surface area is 122 Å². The zero-order valence-corrected chi connectivity index (χ0v) is 12.3. The summed E-state index contributed by atoms with van der Waals surface area (Å²) in [6.45, 7) is 2.44. The molecule has 0 radical (unpaired) electrons. The van der Waals surface area contributed by atoms with Gasteiger partial charge in [-0.05, 0) is 38.0 Å². The molecule has 6 nitrogen and oxygen atoms in total. The van der Waals surface area contributed by atoms with Crippen LogP contribution in [0.3, 0.4) is 0 Å². The Balaban J connectivity index is 2.17. The molecule has 1 aromatic carbocycles. The lowest BCUT2D eigenvalue weighted by molar-refractivity contribution is 0.0712. The molecular weight excluding hydrogens is 299 g/mol. The Morgan fingerprint density at radius 1 is 1.48 bits per heavy atom.